The summed E-state index contributed by atoms with van der Waals surface area (Å²) in [6.45, 7) is 8.22. The zero-order valence-electron chi connectivity index (χ0n) is 14.5. The predicted molar refractivity (Wildman–Crippen MR) is 87.1 cm³/mol. The van der Waals surface area contributed by atoms with Gasteiger partial charge in [0.15, 0.2) is 0 Å². The quantitative estimate of drug-likeness (QED) is 0.420. The standard InChI is InChI=1S/C16H30O5.Ca/c1-15(2,13(17)18)9-5-7-11-21-12-8-6-10-16(3,4)14(19)20;/h5-12H2,1-4H3,(H,17,18)(H,19,20);. The number of unbranched alkanes of at least 4 members (excludes halogenated alkanes) is 2. The Morgan fingerprint density at radius 2 is 1.09 bits per heavy atom. The van der Waals surface area contributed by atoms with Crippen molar-refractivity contribution in [1.82, 2.24) is 0 Å². The van der Waals surface area contributed by atoms with E-state index in [1.807, 2.05) is 0 Å². The minimum absolute atomic E-state index is 0. The van der Waals surface area contributed by atoms with Crippen LogP contribution in [-0.2, 0) is 14.3 Å². The van der Waals surface area contributed by atoms with Gasteiger partial charge in [-0.05, 0) is 53.4 Å². The van der Waals surface area contributed by atoms with Crippen LogP contribution in [0, 0.1) is 10.8 Å². The summed E-state index contributed by atoms with van der Waals surface area (Å²) < 4.78 is 5.49. The number of hydrogen-bond donors (Lipinski definition) is 2. The molecule has 0 saturated carbocycles. The van der Waals surface area contributed by atoms with Crippen molar-refractivity contribution in [1.29, 1.82) is 0 Å². The number of hydrogen-bond acceptors (Lipinski definition) is 3. The average molecular weight is 342 g/mol. The van der Waals surface area contributed by atoms with Crippen molar-refractivity contribution in [3.8, 4) is 0 Å². The summed E-state index contributed by atoms with van der Waals surface area (Å²) in [7, 11) is 0. The summed E-state index contributed by atoms with van der Waals surface area (Å²) >= 11 is 0. The van der Waals surface area contributed by atoms with E-state index in [1.54, 1.807) is 27.7 Å². The van der Waals surface area contributed by atoms with Crippen LogP contribution in [0.5, 0.6) is 0 Å². The van der Waals surface area contributed by atoms with Crippen LogP contribution in [0.3, 0.4) is 0 Å². The molecule has 0 heterocycles. The molecule has 0 aliphatic carbocycles. The Labute approximate surface area is 163 Å². The molecule has 0 unspecified atom stereocenters. The van der Waals surface area contributed by atoms with E-state index in [1.165, 1.54) is 0 Å². The molecule has 0 rings (SSSR count). The number of carbonyl (C=O) groups is 2. The minimum atomic E-state index is -0.760. The first-order chi connectivity index (χ1) is 9.59. The summed E-state index contributed by atoms with van der Waals surface area (Å²) in [5, 5.41) is 17.9. The third-order valence-electron chi connectivity index (χ3n) is 3.84. The Bertz CT molecular complexity index is 307. The molecule has 0 amide bonds. The summed E-state index contributed by atoms with van der Waals surface area (Å²) in [6.07, 6.45) is 4.70. The molecule has 0 atom stereocenters. The molecule has 0 aliphatic heterocycles. The molecule has 22 heavy (non-hydrogen) atoms. The van der Waals surface area contributed by atoms with E-state index in [0.717, 1.165) is 25.7 Å². The third kappa shape index (κ3) is 10.8. The Hall–Kier alpha value is 0.160. The third-order valence-corrected chi connectivity index (χ3v) is 3.84. The fourth-order valence-corrected chi connectivity index (χ4v) is 1.86. The van der Waals surface area contributed by atoms with Crippen LogP contribution >= 0.6 is 0 Å². The van der Waals surface area contributed by atoms with Gasteiger partial charge in [-0.2, -0.15) is 0 Å². The monoisotopic (exact) mass is 342 g/mol. The molecule has 2 N–H and O–H groups in total. The van der Waals surface area contributed by atoms with Crippen molar-refractivity contribution in [2.75, 3.05) is 13.2 Å². The van der Waals surface area contributed by atoms with Crippen molar-refractivity contribution in [3.05, 3.63) is 0 Å². The summed E-state index contributed by atoms with van der Waals surface area (Å²) in [5.41, 5.74) is -1.33. The van der Waals surface area contributed by atoms with Gasteiger partial charge < -0.3 is 14.9 Å². The number of carboxylic acid groups (broad SMARTS) is 2. The summed E-state index contributed by atoms with van der Waals surface area (Å²) in [4.78, 5) is 21.8. The number of ether oxygens (including phenoxy) is 1. The van der Waals surface area contributed by atoms with Gasteiger partial charge in [-0.1, -0.05) is 12.8 Å². The summed E-state index contributed by atoms with van der Waals surface area (Å²) in [6, 6.07) is 0. The topological polar surface area (TPSA) is 83.8 Å². The molecule has 0 fully saturated rings. The average Bonchev–Trinajstić information content (AvgIpc) is 2.36. The second kappa shape index (κ2) is 11.7. The molecule has 0 bridgehead atoms. The Morgan fingerprint density at radius 3 is 1.36 bits per heavy atom. The number of aliphatic carboxylic acids is 2. The maximum atomic E-state index is 10.9. The van der Waals surface area contributed by atoms with Crippen LogP contribution in [0.4, 0.5) is 0 Å². The largest absolute Gasteiger partial charge is 0.481 e. The molecule has 0 aromatic rings. The molecular formula is C16H30CaO5. The molecule has 0 aromatic heterocycles. The van der Waals surface area contributed by atoms with Gasteiger partial charge in [0, 0.05) is 51.0 Å². The zero-order chi connectivity index (χ0) is 16.5. The van der Waals surface area contributed by atoms with E-state index in [-0.39, 0.29) is 37.7 Å². The van der Waals surface area contributed by atoms with Gasteiger partial charge in [0.25, 0.3) is 0 Å². The minimum Gasteiger partial charge on any atom is -0.481 e. The number of carboxylic acids is 2. The molecular weight excluding hydrogens is 312 g/mol. The van der Waals surface area contributed by atoms with Crippen molar-refractivity contribution < 1.29 is 24.5 Å². The second-order valence-corrected chi connectivity index (χ2v) is 6.90. The molecule has 0 spiro atoms. The van der Waals surface area contributed by atoms with Crippen LogP contribution in [-0.4, -0.2) is 73.1 Å². The van der Waals surface area contributed by atoms with Gasteiger partial charge in [-0.3, -0.25) is 9.59 Å². The maximum Gasteiger partial charge on any atom is 0.309 e. The van der Waals surface area contributed by atoms with E-state index >= 15 is 0 Å². The van der Waals surface area contributed by atoms with Crippen LogP contribution in [0.15, 0.2) is 0 Å². The Morgan fingerprint density at radius 1 is 0.773 bits per heavy atom. The van der Waals surface area contributed by atoms with Crippen molar-refractivity contribution >= 4 is 49.7 Å². The van der Waals surface area contributed by atoms with Crippen molar-refractivity contribution in [2.45, 2.75) is 66.2 Å². The molecule has 2 radical (unpaired) electrons. The number of rotatable bonds is 12. The molecule has 0 saturated heterocycles. The zero-order valence-corrected chi connectivity index (χ0v) is 16.7. The molecule has 6 heteroatoms. The molecule has 0 aromatic carbocycles. The van der Waals surface area contributed by atoms with E-state index in [2.05, 4.69) is 0 Å². The Kier molecular flexibility index (Phi) is 12.9. The van der Waals surface area contributed by atoms with E-state index in [0.29, 0.717) is 26.1 Å². The first kappa shape index (κ1) is 24.4. The second-order valence-electron chi connectivity index (χ2n) is 6.90. The van der Waals surface area contributed by atoms with Crippen LogP contribution < -0.4 is 0 Å². The first-order valence-electron chi connectivity index (χ1n) is 7.64. The van der Waals surface area contributed by atoms with Gasteiger partial charge in [0.1, 0.15) is 0 Å². The van der Waals surface area contributed by atoms with Crippen molar-refractivity contribution in [2.24, 2.45) is 10.8 Å². The van der Waals surface area contributed by atoms with Crippen molar-refractivity contribution in [3.63, 3.8) is 0 Å². The SMILES string of the molecule is CC(C)(CCCCOCCCCC(C)(C)C(=O)O)C(=O)O.[Ca]. The van der Waals surface area contributed by atoms with Crippen LogP contribution in [0.2, 0.25) is 0 Å². The fourth-order valence-electron chi connectivity index (χ4n) is 1.86. The molecule has 126 valence electrons. The van der Waals surface area contributed by atoms with E-state index in [9.17, 15) is 9.59 Å². The molecule has 0 aliphatic rings. The van der Waals surface area contributed by atoms with Gasteiger partial charge in [-0.25, -0.2) is 0 Å². The van der Waals surface area contributed by atoms with Gasteiger partial charge in [-0.15, -0.1) is 0 Å². The Balaban J connectivity index is 0. The van der Waals surface area contributed by atoms with E-state index < -0.39 is 22.8 Å². The van der Waals surface area contributed by atoms with Gasteiger partial charge in [0.05, 0.1) is 10.8 Å². The fraction of sp³-hybridized carbons (Fsp3) is 0.875. The summed E-state index contributed by atoms with van der Waals surface area (Å²) in [5.74, 6) is -1.52. The first-order valence-corrected chi connectivity index (χ1v) is 7.64. The smallest absolute Gasteiger partial charge is 0.309 e. The molecule has 5 nitrogen and oxygen atoms in total. The van der Waals surface area contributed by atoms with E-state index in [4.69, 9.17) is 14.9 Å². The predicted octanol–water partition coefficient (Wildman–Crippen LogP) is 3.18. The van der Waals surface area contributed by atoms with Gasteiger partial charge in [0.2, 0.25) is 0 Å². The van der Waals surface area contributed by atoms with Crippen LogP contribution in [0.1, 0.15) is 66.2 Å². The maximum absolute atomic E-state index is 10.9. The van der Waals surface area contributed by atoms with Gasteiger partial charge >= 0.3 is 11.9 Å². The van der Waals surface area contributed by atoms with Crippen LogP contribution in [0.25, 0.3) is 0 Å². The normalized spacial score (nSPS) is 11.8.